The molecule has 0 radical (unpaired) electrons. The van der Waals surface area contributed by atoms with E-state index in [1.165, 1.54) is 37.7 Å². The second kappa shape index (κ2) is 8.96. The molecule has 2 rings (SSSR count). The van der Waals surface area contributed by atoms with E-state index in [0.717, 1.165) is 38.8 Å². The van der Waals surface area contributed by atoms with Crippen LogP contribution in [-0.2, 0) is 9.59 Å². The summed E-state index contributed by atoms with van der Waals surface area (Å²) in [4.78, 5) is 27.9. The standard InChI is InChI=1S/C18H30N2O2/c1-16(21)20(14-11-17-9-5-4-6-10-17)15-18(22)19-12-7-2-3-8-13-19/h9H,2-8,10-15H2,1H3. The minimum atomic E-state index is 0.0135. The molecule has 1 fully saturated rings. The number of hydrogen-bond acceptors (Lipinski definition) is 2. The van der Waals surface area contributed by atoms with Gasteiger partial charge in [0, 0.05) is 26.6 Å². The summed E-state index contributed by atoms with van der Waals surface area (Å²) in [5.41, 5.74) is 1.46. The van der Waals surface area contributed by atoms with Gasteiger partial charge in [-0.1, -0.05) is 24.5 Å². The van der Waals surface area contributed by atoms with E-state index in [-0.39, 0.29) is 18.4 Å². The van der Waals surface area contributed by atoms with Crippen LogP contribution in [0.4, 0.5) is 0 Å². The fourth-order valence-corrected chi connectivity index (χ4v) is 3.34. The lowest BCUT2D eigenvalue weighted by Crippen LogP contribution is -2.43. The first kappa shape index (κ1) is 17.0. The van der Waals surface area contributed by atoms with E-state index in [2.05, 4.69) is 6.08 Å². The van der Waals surface area contributed by atoms with Crippen molar-refractivity contribution in [3.63, 3.8) is 0 Å². The third kappa shape index (κ3) is 5.47. The van der Waals surface area contributed by atoms with Crippen molar-refractivity contribution in [3.05, 3.63) is 11.6 Å². The Bertz CT molecular complexity index is 409. The summed E-state index contributed by atoms with van der Waals surface area (Å²) in [6.45, 7) is 4.22. The Labute approximate surface area is 134 Å². The van der Waals surface area contributed by atoms with Crippen LogP contribution in [0.15, 0.2) is 11.6 Å². The minimum Gasteiger partial charge on any atom is -0.341 e. The van der Waals surface area contributed by atoms with E-state index in [4.69, 9.17) is 0 Å². The zero-order valence-electron chi connectivity index (χ0n) is 14.0. The van der Waals surface area contributed by atoms with Gasteiger partial charge in [-0.3, -0.25) is 9.59 Å². The van der Waals surface area contributed by atoms with Crippen molar-refractivity contribution in [1.29, 1.82) is 0 Å². The van der Waals surface area contributed by atoms with Gasteiger partial charge in [-0.2, -0.15) is 0 Å². The molecule has 2 amide bonds. The van der Waals surface area contributed by atoms with E-state index in [1.807, 2.05) is 4.90 Å². The highest BCUT2D eigenvalue weighted by atomic mass is 16.2. The fraction of sp³-hybridized carbons (Fsp3) is 0.778. The van der Waals surface area contributed by atoms with Gasteiger partial charge in [0.05, 0.1) is 6.54 Å². The lowest BCUT2D eigenvalue weighted by Gasteiger charge is -2.26. The Morgan fingerprint density at radius 3 is 2.41 bits per heavy atom. The van der Waals surface area contributed by atoms with E-state index in [1.54, 1.807) is 11.8 Å². The molecule has 0 N–H and O–H groups in total. The van der Waals surface area contributed by atoms with E-state index in [9.17, 15) is 9.59 Å². The predicted octanol–water partition coefficient (Wildman–Crippen LogP) is 3.13. The molecule has 0 unspecified atom stereocenters. The summed E-state index contributed by atoms with van der Waals surface area (Å²) in [5, 5.41) is 0. The summed E-state index contributed by atoms with van der Waals surface area (Å²) < 4.78 is 0. The van der Waals surface area contributed by atoms with Crippen LogP contribution in [-0.4, -0.2) is 47.8 Å². The van der Waals surface area contributed by atoms with Gasteiger partial charge in [-0.15, -0.1) is 0 Å². The van der Waals surface area contributed by atoms with Crippen LogP contribution in [0.2, 0.25) is 0 Å². The minimum absolute atomic E-state index is 0.0135. The van der Waals surface area contributed by atoms with Crippen molar-refractivity contribution in [3.8, 4) is 0 Å². The molecule has 124 valence electrons. The molecule has 1 aliphatic heterocycles. The third-order valence-electron chi connectivity index (χ3n) is 4.82. The number of rotatable bonds is 5. The maximum atomic E-state index is 12.4. The summed E-state index contributed by atoms with van der Waals surface area (Å²) >= 11 is 0. The second-order valence-corrected chi connectivity index (χ2v) is 6.59. The number of likely N-dealkylation sites (tertiary alicyclic amines) is 1. The van der Waals surface area contributed by atoms with Crippen LogP contribution in [0.5, 0.6) is 0 Å². The van der Waals surface area contributed by atoms with E-state index < -0.39 is 0 Å². The lowest BCUT2D eigenvalue weighted by atomic mass is 9.97. The molecule has 2 aliphatic rings. The van der Waals surface area contributed by atoms with Gasteiger partial charge in [0.2, 0.25) is 11.8 Å². The highest BCUT2D eigenvalue weighted by Gasteiger charge is 2.20. The first-order valence-electron chi connectivity index (χ1n) is 8.88. The molecule has 0 atom stereocenters. The van der Waals surface area contributed by atoms with Crippen LogP contribution >= 0.6 is 0 Å². The second-order valence-electron chi connectivity index (χ2n) is 6.59. The monoisotopic (exact) mass is 306 g/mol. The number of nitrogens with zero attached hydrogens (tertiary/aromatic N) is 2. The van der Waals surface area contributed by atoms with Crippen LogP contribution in [0.1, 0.15) is 64.7 Å². The molecule has 1 saturated heterocycles. The number of allylic oxidation sites excluding steroid dienone is 1. The molecule has 4 nitrogen and oxygen atoms in total. The Hall–Kier alpha value is -1.32. The van der Waals surface area contributed by atoms with Crippen LogP contribution in [0, 0.1) is 0 Å². The van der Waals surface area contributed by atoms with Gasteiger partial charge >= 0.3 is 0 Å². The maximum Gasteiger partial charge on any atom is 0.242 e. The highest BCUT2D eigenvalue weighted by Crippen LogP contribution is 2.20. The van der Waals surface area contributed by atoms with Gasteiger partial charge in [-0.05, 0) is 44.9 Å². The summed E-state index contributed by atoms with van der Waals surface area (Å²) in [6, 6.07) is 0. The topological polar surface area (TPSA) is 40.6 Å². The van der Waals surface area contributed by atoms with Crippen molar-refractivity contribution in [2.45, 2.75) is 64.7 Å². The van der Waals surface area contributed by atoms with Crippen molar-refractivity contribution in [2.24, 2.45) is 0 Å². The molecular formula is C18H30N2O2. The maximum absolute atomic E-state index is 12.4. The average molecular weight is 306 g/mol. The van der Waals surface area contributed by atoms with Gasteiger partial charge < -0.3 is 9.80 Å². The third-order valence-corrected chi connectivity index (χ3v) is 4.82. The highest BCUT2D eigenvalue weighted by molar-refractivity contribution is 5.83. The molecule has 0 spiro atoms. The Morgan fingerprint density at radius 1 is 1.09 bits per heavy atom. The van der Waals surface area contributed by atoms with Gasteiger partial charge in [0.15, 0.2) is 0 Å². The van der Waals surface area contributed by atoms with Gasteiger partial charge in [0.1, 0.15) is 0 Å². The number of hydrogen-bond donors (Lipinski definition) is 0. The van der Waals surface area contributed by atoms with E-state index >= 15 is 0 Å². The van der Waals surface area contributed by atoms with Gasteiger partial charge in [-0.25, -0.2) is 0 Å². The smallest absolute Gasteiger partial charge is 0.242 e. The van der Waals surface area contributed by atoms with Crippen molar-refractivity contribution in [2.75, 3.05) is 26.2 Å². The quantitative estimate of drug-likeness (QED) is 0.732. The first-order chi connectivity index (χ1) is 10.7. The van der Waals surface area contributed by atoms with Crippen LogP contribution < -0.4 is 0 Å². The molecule has 0 aromatic heterocycles. The molecule has 0 saturated carbocycles. The Balaban J connectivity index is 1.83. The van der Waals surface area contributed by atoms with Crippen LogP contribution in [0.3, 0.4) is 0 Å². The van der Waals surface area contributed by atoms with E-state index in [0.29, 0.717) is 6.54 Å². The average Bonchev–Trinajstić information content (AvgIpc) is 2.81. The molecule has 1 aliphatic carbocycles. The lowest BCUT2D eigenvalue weighted by molar-refractivity contribution is -0.139. The Kier molecular flexibility index (Phi) is 6.94. The van der Waals surface area contributed by atoms with Crippen molar-refractivity contribution < 1.29 is 9.59 Å². The largest absolute Gasteiger partial charge is 0.341 e. The molecule has 0 aromatic rings. The molecule has 22 heavy (non-hydrogen) atoms. The molecule has 0 aromatic carbocycles. The molecule has 4 heteroatoms. The van der Waals surface area contributed by atoms with Gasteiger partial charge in [0.25, 0.3) is 0 Å². The number of carbonyl (C=O) groups is 2. The molecule has 1 heterocycles. The molecule has 0 bridgehead atoms. The number of carbonyl (C=O) groups excluding carboxylic acids is 2. The van der Waals surface area contributed by atoms with Crippen LogP contribution in [0.25, 0.3) is 0 Å². The predicted molar refractivity (Wildman–Crippen MR) is 88.5 cm³/mol. The SMILES string of the molecule is CC(=O)N(CCC1=CCCCC1)CC(=O)N1CCCCCC1. The zero-order chi connectivity index (χ0) is 15.8. The van der Waals surface area contributed by atoms with Crippen molar-refractivity contribution in [1.82, 2.24) is 9.80 Å². The summed E-state index contributed by atoms with van der Waals surface area (Å²) in [6.07, 6.45) is 12.7. The summed E-state index contributed by atoms with van der Waals surface area (Å²) in [7, 11) is 0. The van der Waals surface area contributed by atoms with Crippen molar-refractivity contribution >= 4 is 11.8 Å². The summed E-state index contributed by atoms with van der Waals surface area (Å²) in [5.74, 6) is 0.134. The Morgan fingerprint density at radius 2 is 1.82 bits per heavy atom. The fourth-order valence-electron chi connectivity index (χ4n) is 3.34. The normalized spacial score (nSPS) is 19.3. The number of amides is 2. The first-order valence-corrected chi connectivity index (χ1v) is 8.88. The molecular weight excluding hydrogens is 276 g/mol. The zero-order valence-corrected chi connectivity index (χ0v) is 14.0.